The van der Waals surface area contributed by atoms with Gasteiger partial charge in [0.25, 0.3) is 0 Å². The van der Waals surface area contributed by atoms with Crippen LogP contribution in [0.15, 0.2) is 0 Å². The Hall–Kier alpha value is -0.370. The predicted molar refractivity (Wildman–Crippen MR) is 64.0 cm³/mol. The third-order valence-corrected chi connectivity index (χ3v) is 2.54. The van der Waals surface area contributed by atoms with Gasteiger partial charge in [0.05, 0.1) is 0 Å². The first-order chi connectivity index (χ1) is 7.31. The highest BCUT2D eigenvalue weighted by atomic mass is 16.5. The average molecular weight is 214 g/mol. The van der Waals surface area contributed by atoms with E-state index in [1.807, 2.05) is 0 Å². The van der Waals surface area contributed by atoms with Crippen molar-refractivity contribution >= 4 is 6.29 Å². The zero-order valence-electron chi connectivity index (χ0n) is 10.3. The summed E-state index contributed by atoms with van der Waals surface area (Å²) in [5.74, 6) is 0.377. The van der Waals surface area contributed by atoms with Crippen molar-refractivity contribution in [2.24, 2.45) is 5.92 Å². The third kappa shape index (κ3) is 11.6. The van der Waals surface area contributed by atoms with E-state index in [2.05, 4.69) is 13.8 Å². The van der Waals surface area contributed by atoms with Gasteiger partial charge in [0, 0.05) is 19.6 Å². The molecule has 0 heterocycles. The van der Waals surface area contributed by atoms with Gasteiger partial charge in [0.1, 0.15) is 6.29 Å². The Bertz CT molecular complexity index is 134. The zero-order chi connectivity index (χ0) is 11.4. The van der Waals surface area contributed by atoms with Crippen LogP contribution in [0, 0.1) is 5.92 Å². The summed E-state index contributed by atoms with van der Waals surface area (Å²) in [5.41, 5.74) is 0. The smallest absolute Gasteiger partial charge is 0.120 e. The number of hydrogen-bond acceptors (Lipinski definition) is 2. The van der Waals surface area contributed by atoms with E-state index in [-0.39, 0.29) is 0 Å². The molecule has 0 radical (unpaired) electrons. The first kappa shape index (κ1) is 14.6. The number of unbranched alkanes of at least 4 members (excludes halogenated alkanes) is 5. The molecule has 2 heteroatoms. The van der Waals surface area contributed by atoms with Crippen LogP contribution in [0.25, 0.3) is 0 Å². The van der Waals surface area contributed by atoms with Gasteiger partial charge in [-0.05, 0) is 12.3 Å². The maximum Gasteiger partial charge on any atom is 0.120 e. The standard InChI is InChI=1S/C13H26O2/c1-3-4-5-6-7-8-11-15-12-13(2)9-10-14/h10,13H,3-9,11-12H2,1-2H3/t13-/m0/s1. The molecule has 0 aromatic rings. The van der Waals surface area contributed by atoms with Crippen LogP contribution < -0.4 is 0 Å². The highest BCUT2D eigenvalue weighted by molar-refractivity contribution is 5.49. The number of carbonyl (C=O) groups is 1. The van der Waals surface area contributed by atoms with Crippen molar-refractivity contribution in [3.8, 4) is 0 Å². The molecule has 0 fully saturated rings. The number of ether oxygens (including phenoxy) is 1. The van der Waals surface area contributed by atoms with E-state index < -0.39 is 0 Å². The van der Waals surface area contributed by atoms with Crippen molar-refractivity contribution in [3.05, 3.63) is 0 Å². The highest BCUT2D eigenvalue weighted by Gasteiger charge is 2.00. The average Bonchev–Trinajstić information content (AvgIpc) is 2.22. The maximum atomic E-state index is 10.2. The number of rotatable bonds is 11. The zero-order valence-corrected chi connectivity index (χ0v) is 10.3. The summed E-state index contributed by atoms with van der Waals surface area (Å²) >= 11 is 0. The minimum atomic E-state index is 0.377. The van der Waals surface area contributed by atoms with Crippen LogP contribution in [0.1, 0.15) is 58.8 Å². The van der Waals surface area contributed by atoms with Crippen LogP contribution >= 0.6 is 0 Å². The molecule has 0 bridgehead atoms. The topological polar surface area (TPSA) is 26.3 Å². The number of carbonyl (C=O) groups excluding carboxylic acids is 1. The minimum Gasteiger partial charge on any atom is -0.381 e. The second kappa shape index (κ2) is 11.7. The van der Waals surface area contributed by atoms with E-state index in [1.54, 1.807) is 0 Å². The minimum absolute atomic E-state index is 0.377. The van der Waals surface area contributed by atoms with Gasteiger partial charge in [-0.15, -0.1) is 0 Å². The molecule has 0 aliphatic rings. The van der Waals surface area contributed by atoms with Crippen molar-refractivity contribution in [1.82, 2.24) is 0 Å². The molecule has 1 atom stereocenters. The van der Waals surface area contributed by atoms with Gasteiger partial charge in [0.15, 0.2) is 0 Å². The fraction of sp³-hybridized carbons (Fsp3) is 0.923. The summed E-state index contributed by atoms with van der Waals surface area (Å²) in [5, 5.41) is 0. The molecule has 0 aliphatic carbocycles. The van der Waals surface area contributed by atoms with E-state index in [9.17, 15) is 4.79 Å². The normalized spacial score (nSPS) is 12.7. The summed E-state index contributed by atoms with van der Waals surface area (Å²) in [7, 11) is 0. The number of aldehydes is 1. The molecule has 0 amide bonds. The van der Waals surface area contributed by atoms with E-state index in [1.165, 1.54) is 32.1 Å². The molecule has 15 heavy (non-hydrogen) atoms. The van der Waals surface area contributed by atoms with Crippen LogP contribution in [-0.2, 0) is 9.53 Å². The van der Waals surface area contributed by atoms with Gasteiger partial charge in [-0.1, -0.05) is 46.0 Å². The van der Waals surface area contributed by atoms with E-state index in [0.717, 1.165) is 25.9 Å². The molecule has 0 saturated heterocycles. The molecule has 0 saturated carbocycles. The van der Waals surface area contributed by atoms with Crippen LogP contribution in [0.3, 0.4) is 0 Å². The van der Waals surface area contributed by atoms with Gasteiger partial charge in [-0.3, -0.25) is 0 Å². The van der Waals surface area contributed by atoms with Gasteiger partial charge >= 0.3 is 0 Å². The fourth-order valence-corrected chi connectivity index (χ4v) is 1.50. The Balaban J connectivity index is 3.01. The molecule has 2 nitrogen and oxygen atoms in total. The highest BCUT2D eigenvalue weighted by Crippen LogP contribution is 2.06. The fourth-order valence-electron chi connectivity index (χ4n) is 1.50. The molecule has 90 valence electrons. The molecule has 0 aromatic carbocycles. The third-order valence-electron chi connectivity index (χ3n) is 2.54. The lowest BCUT2D eigenvalue weighted by Gasteiger charge is -2.08. The van der Waals surface area contributed by atoms with Crippen LogP contribution in [-0.4, -0.2) is 19.5 Å². The molecule has 0 rings (SSSR count). The van der Waals surface area contributed by atoms with Crippen LogP contribution in [0.5, 0.6) is 0 Å². The lowest BCUT2D eigenvalue weighted by atomic mass is 10.1. The summed E-state index contributed by atoms with van der Waals surface area (Å²) in [6.07, 6.45) is 9.39. The Morgan fingerprint density at radius 2 is 1.80 bits per heavy atom. The largest absolute Gasteiger partial charge is 0.381 e. The van der Waals surface area contributed by atoms with Gasteiger partial charge in [0.2, 0.25) is 0 Å². The Morgan fingerprint density at radius 3 is 2.47 bits per heavy atom. The van der Waals surface area contributed by atoms with Crippen molar-refractivity contribution in [1.29, 1.82) is 0 Å². The molecule has 0 N–H and O–H groups in total. The van der Waals surface area contributed by atoms with Crippen LogP contribution in [0.4, 0.5) is 0 Å². The monoisotopic (exact) mass is 214 g/mol. The summed E-state index contributed by atoms with van der Waals surface area (Å²) in [4.78, 5) is 10.2. The molecular weight excluding hydrogens is 188 g/mol. The first-order valence-electron chi connectivity index (χ1n) is 6.32. The predicted octanol–water partition coefficient (Wildman–Crippen LogP) is 3.59. The quantitative estimate of drug-likeness (QED) is 0.388. The second-order valence-electron chi connectivity index (χ2n) is 4.35. The Labute approximate surface area is 94.4 Å². The first-order valence-corrected chi connectivity index (χ1v) is 6.32. The van der Waals surface area contributed by atoms with Crippen molar-refractivity contribution in [2.45, 2.75) is 58.8 Å². The molecule has 0 aliphatic heterocycles. The van der Waals surface area contributed by atoms with E-state index >= 15 is 0 Å². The van der Waals surface area contributed by atoms with Gasteiger partial charge < -0.3 is 9.53 Å². The Kier molecular flexibility index (Phi) is 11.4. The lowest BCUT2D eigenvalue weighted by Crippen LogP contribution is -2.07. The lowest BCUT2D eigenvalue weighted by molar-refractivity contribution is -0.108. The maximum absolute atomic E-state index is 10.2. The van der Waals surface area contributed by atoms with Gasteiger partial charge in [-0.25, -0.2) is 0 Å². The van der Waals surface area contributed by atoms with E-state index in [4.69, 9.17) is 4.74 Å². The summed E-state index contributed by atoms with van der Waals surface area (Å²) in [6, 6.07) is 0. The van der Waals surface area contributed by atoms with Gasteiger partial charge in [-0.2, -0.15) is 0 Å². The molecule has 0 aromatic heterocycles. The molecule has 0 unspecified atom stereocenters. The molecule has 0 spiro atoms. The number of hydrogen-bond donors (Lipinski definition) is 0. The van der Waals surface area contributed by atoms with Crippen molar-refractivity contribution < 1.29 is 9.53 Å². The van der Waals surface area contributed by atoms with E-state index in [0.29, 0.717) is 12.3 Å². The second-order valence-corrected chi connectivity index (χ2v) is 4.35. The Morgan fingerprint density at radius 1 is 1.13 bits per heavy atom. The summed E-state index contributed by atoms with van der Waals surface area (Å²) < 4.78 is 5.50. The van der Waals surface area contributed by atoms with Crippen LogP contribution in [0.2, 0.25) is 0 Å². The van der Waals surface area contributed by atoms with Crippen molar-refractivity contribution in [2.75, 3.05) is 13.2 Å². The SMILES string of the molecule is CCCCCCCCOC[C@@H](C)CC=O. The molecular formula is C13H26O2. The summed E-state index contributed by atoms with van der Waals surface area (Å²) in [6.45, 7) is 5.87. The van der Waals surface area contributed by atoms with Crippen molar-refractivity contribution in [3.63, 3.8) is 0 Å².